The second-order valence-corrected chi connectivity index (χ2v) is 9.35. The quantitative estimate of drug-likeness (QED) is 0.511. The summed E-state index contributed by atoms with van der Waals surface area (Å²) in [6.07, 6.45) is 6.00. The van der Waals surface area contributed by atoms with Crippen molar-refractivity contribution in [1.82, 2.24) is 5.16 Å². The minimum atomic E-state index is -0.448. The number of aromatic nitrogens is 1. The van der Waals surface area contributed by atoms with Crippen LogP contribution in [-0.4, -0.2) is 60.6 Å². The fourth-order valence-corrected chi connectivity index (χ4v) is 4.79. The van der Waals surface area contributed by atoms with Gasteiger partial charge in [-0.15, -0.1) is 11.3 Å². The van der Waals surface area contributed by atoms with E-state index < -0.39 is 5.97 Å². The number of amides is 1. The first-order valence-corrected chi connectivity index (χ1v) is 11.7. The van der Waals surface area contributed by atoms with Crippen molar-refractivity contribution in [2.24, 2.45) is 0 Å². The minimum Gasteiger partial charge on any atom is -0.465 e. The highest BCUT2D eigenvalue weighted by Crippen LogP contribution is 2.28. The number of hydrogen-bond acceptors (Lipinski definition) is 7. The molecule has 0 spiro atoms. The summed E-state index contributed by atoms with van der Waals surface area (Å²) < 4.78 is 9.89. The molecule has 2 aromatic rings. The predicted molar refractivity (Wildman–Crippen MR) is 124 cm³/mol. The van der Waals surface area contributed by atoms with Gasteiger partial charge in [-0.05, 0) is 57.4 Å². The summed E-state index contributed by atoms with van der Waals surface area (Å²) in [5.74, 6) is -0.498. The zero-order valence-electron chi connectivity index (χ0n) is 19.7. The lowest BCUT2D eigenvalue weighted by Gasteiger charge is -2.36. The number of nitrogens with zero attached hydrogens (tertiary/aromatic N) is 2. The van der Waals surface area contributed by atoms with Gasteiger partial charge in [0.25, 0.3) is 5.91 Å². The highest BCUT2D eigenvalue weighted by atomic mass is 32.1. The van der Waals surface area contributed by atoms with Gasteiger partial charge in [-0.3, -0.25) is 9.59 Å². The molecule has 8 nitrogen and oxygen atoms in total. The van der Waals surface area contributed by atoms with E-state index in [9.17, 15) is 14.4 Å². The maximum absolute atomic E-state index is 12.7. The molecule has 2 aromatic heterocycles. The molecule has 1 aliphatic rings. The number of hydrogen-bond donors (Lipinski definition) is 1. The number of anilines is 1. The number of carbonyl (C=O) groups excluding carboxylic acids is 3. The Kier molecular flexibility index (Phi) is 9.59. The molecular weight excluding hydrogens is 430 g/mol. The number of rotatable bonds is 6. The van der Waals surface area contributed by atoms with Crippen molar-refractivity contribution < 1.29 is 28.1 Å². The number of Topliss-reactive ketones (excluding diaryl/α,β-unsaturated/α-hetero) is 1. The number of quaternary nitrogens is 1. The van der Waals surface area contributed by atoms with Gasteiger partial charge in [-0.1, -0.05) is 5.16 Å². The van der Waals surface area contributed by atoms with Gasteiger partial charge in [0.05, 0.1) is 31.6 Å². The van der Waals surface area contributed by atoms with Gasteiger partial charge >= 0.3 is 5.97 Å². The molecule has 3 heterocycles. The van der Waals surface area contributed by atoms with E-state index in [1.54, 1.807) is 13.2 Å². The van der Waals surface area contributed by atoms with Crippen molar-refractivity contribution in [3.05, 3.63) is 33.3 Å². The molecule has 0 unspecified atom stereocenters. The van der Waals surface area contributed by atoms with Crippen molar-refractivity contribution in [2.45, 2.75) is 53.4 Å². The van der Waals surface area contributed by atoms with Crippen LogP contribution in [0.4, 0.5) is 5.69 Å². The summed E-state index contributed by atoms with van der Waals surface area (Å²) in [5, 5.41) is 8.35. The maximum atomic E-state index is 12.7. The number of ketones is 1. The summed E-state index contributed by atoms with van der Waals surface area (Å²) in [4.78, 5) is 36.7. The maximum Gasteiger partial charge on any atom is 0.350 e. The number of ether oxygens (including phenoxy) is 1. The molecule has 9 heteroatoms. The number of esters is 1. The lowest BCUT2D eigenvalue weighted by Crippen LogP contribution is -2.55. The third-order valence-electron chi connectivity index (χ3n) is 5.65. The van der Waals surface area contributed by atoms with Gasteiger partial charge in [-0.2, -0.15) is 0 Å². The smallest absolute Gasteiger partial charge is 0.350 e. The molecule has 1 N–H and O–H groups in total. The second kappa shape index (κ2) is 11.9. The minimum absolute atomic E-state index is 0.108. The number of aryl methyl sites for hydroxylation is 3. The predicted octanol–water partition coefficient (Wildman–Crippen LogP) is 4.05. The first kappa shape index (κ1) is 25.7. The van der Waals surface area contributed by atoms with Crippen LogP contribution in [0, 0.1) is 20.8 Å². The van der Waals surface area contributed by atoms with Crippen LogP contribution in [0.1, 0.15) is 59.1 Å². The number of thiophene rings is 1. The zero-order valence-corrected chi connectivity index (χ0v) is 20.5. The van der Waals surface area contributed by atoms with Crippen LogP contribution >= 0.6 is 11.3 Å². The molecule has 0 saturated carbocycles. The lowest BCUT2D eigenvalue weighted by atomic mass is 10.2. The van der Waals surface area contributed by atoms with Crippen molar-refractivity contribution in [3.8, 4) is 0 Å². The third kappa shape index (κ3) is 7.27. The van der Waals surface area contributed by atoms with Gasteiger partial charge in [0.2, 0.25) is 0 Å². The molecule has 0 aromatic carbocycles. The van der Waals surface area contributed by atoms with E-state index in [4.69, 9.17) is 4.74 Å². The van der Waals surface area contributed by atoms with E-state index in [-0.39, 0.29) is 18.2 Å². The van der Waals surface area contributed by atoms with Gasteiger partial charge in [0.15, 0.2) is 12.3 Å². The fraction of sp³-hybridized carbons (Fsp3) is 0.565. The monoisotopic (exact) mass is 464 g/mol. The van der Waals surface area contributed by atoms with E-state index >= 15 is 0 Å². The summed E-state index contributed by atoms with van der Waals surface area (Å²) >= 11 is 1.26. The molecule has 1 aliphatic heterocycles. The van der Waals surface area contributed by atoms with E-state index in [1.165, 1.54) is 18.4 Å². The van der Waals surface area contributed by atoms with Crippen molar-refractivity contribution >= 4 is 34.7 Å². The lowest BCUT2D eigenvalue weighted by molar-refractivity contribution is -0.912. The first-order valence-electron chi connectivity index (χ1n) is 10.9. The van der Waals surface area contributed by atoms with E-state index in [1.807, 2.05) is 26.2 Å². The molecular formula is C23H34N3O5S+. The Morgan fingerprint density at radius 1 is 1.09 bits per heavy atom. The number of carbonyl (C=O) groups is 3. The van der Waals surface area contributed by atoms with Gasteiger partial charge in [0, 0.05) is 12.5 Å². The van der Waals surface area contributed by atoms with Gasteiger partial charge in [0.1, 0.15) is 17.7 Å². The van der Waals surface area contributed by atoms with Crippen molar-refractivity contribution in [2.75, 3.05) is 38.6 Å². The van der Waals surface area contributed by atoms with Crippen LogP contribution in [0.15, 0.2) is 16.2 Å². The third-order valence-corrected chi connectivity index (χ3v) is 6.73. The van der Waals surface area contributed by atoms with Crippen LogP contribution in [0.2, 0.25) is 0 Å². The molecule has 1 fully saturated rings. The molecule has 0 aliphatic carbocycles. The van der Waals surface area contributed by atoms with Gasteiger partial charge < -0.3 is 19.1 Å². The van der Waals surface area contributed by atoms with Gasteiger partial charge in [-0.25, -0.2) is 4.79 Å². The van der Waals surface area contributed by atoms with Crippen molar-refractivity contribution in [3.63, 3.8) is 0 Å². The van der Waals surface area contributed by atoms with E-state index in [2.05, 4.69) is 15.0 Å². The Morgan fingerprint density at radius 3 is 2.22 bits per heavy atom. The highest BCUT2D eigenvalue weighted by Gasteiger charge is 2.33. The van der Waals surface area contributed by atoms with E-state index in [0.29, 0.717) is 21.6 Å². The van der Waals surface area contributed by atoms with Crippen LogP contribution in [0.3, 0.4) is 0 Å². The number of nitrogens with one attached hydrogen (secondary N) is 1. The molecule has 3 rings (SSSR count). The highest BCUT2D eigenvalue weighted by molar-refractivity contribution is 7.12. The van der Waals surface area contributed by atoms with E-state index in [0.717, 1.165) is 55.6 Å². The van der Waals surface area contributed by atoms with Crippen molar-refractivity contribution in [1.29, 1.82) is 0 Å². The molecule has 176 valence electrons. The Labute approximate surface area is 193 Å². The topological polar surface area (TPSA) is 98.5 Å². The molecule has 0 atom stereocenters. The summed E-state index contributed by atoms with van der Waals surface area (Å²) in [6, 6.07) is 0. The Morgan fingerprint density at radius 2 is 1.75 bits per heavy atom. The Balaban J connectivity index is 0.000000439. The summed E-state index contributed by atoms with van der Waals surface area (Å²) in [7, 11) is 1.33. The summed E-state index contributed by atoms with van der Waals surface area (Å²) in [5.41, 5.74) is 3.45. The molecule has 1 amide bonds. The average Bonchev–Trinajstić information content (AvgIpc) is 3.19. The largest absolute Gasteiger partial charge is 0.465 e. The standard InChI is InChI=1S/C18H26N2O4S.C5H7NO/c1-13-12-25-17(18(23)24-3)16(13)19-15(22)11-20(10-14(2)21)8-6-4-5-7-9-20;1-4-3-7-6-5(4)2/h12H,4-11H2,1-3H3;3H,1-2H3/p+1. The molecule has 0 radical (unpaired) electrons. The number of methoxy groups -OCH3 is 1. The first-order chi connectivity index (χ1) is 15.2. The Bertz CT molecular complexity index is 909. The Hall–Kier alpha value is -2.52. The van der Waals surface area contributed by atoms with Crippen LogP contribution in [0.25, 0.3) is 0 Å². The van der Waals surface area contributed by atoms with Crippen LogP contribution in [0.5, 0.6) is 0 Å². The normalized spacial score (nSPS) is 15.2. The van der Waals surface area contributed by atoms with Crippen LogP contribution in [-0.2, 0) is 14.3 Å². The molecule has 1 saturated heterocycles. The average molecular weight is 465 g/mol. The second-order valence-electron chi connectivity index (χ2n) is 8.47. The fourth-order valence-electron chi connectivity index (χ4n) is 3.87. The summed E-state index contributed by atoms with van der Waals surface area (Å²) in [6.45, 7) is 9.66. The SMILES string of the molecule is COC(=O)c1scc(C)c1NC(=O)C[N+]1(CC(C)=O)CCCCCC1.Cc1conc1C. The zero-order chi connectivity index (χ0) is 23.7. The van der Waals surface area contributed by atoms with Crippen LogP contribution < -0.4 is 5.32 Å². The molecule has 32 heavy (non-hydrogen) atoms. The molecule has 0 bridgehead atoms. The number of likely N-dealkylation sites (tertiary alicyclic amines) is 1.